The maximum atomic E-state index is 12.9. The van der Waals surface area contributed by atoms with Crippen molar-refractivity contribution >= 4 is 21.4 Å². The number of nitrogens with zero attached hydrogens (tertiary/aromatic N) is 3. The van der Waals surface area contributed by atoms with Gasteiger partial charge in [-0.15, -0.1) is 21.5 Å². The highest BCUT2D eigenvalue weighted by Crippen LogP contribution is 2.27. The lowest BCUT2D eigenvalue weighted by Gasteiger charge is -2.21. The third kappa shape index (κ3) is 4.11. The van der Waals surface area contributed by atoms with E-state index in [1.807, 2.05) is 13.0 Å². The van der Waals surface area contributed by atoms with Crippen LogP contribution in [0.25, 0.3) is 0 Å². The van der Waals surface area contributed by atoms with Crippen LogP contribution in [0.15, 0.2) is 15.7 Å². The van der Waals surface area contributed by atoms with E-state index in [-0.39, 0.29) is 6.04 Å². The summed E-state index contributed by atoms with van der Waals surface area (Å²) in [6.45, 7) is 8.44. The molecule has 0 amide bonds. The van der Waals surface area contributed by atoms with Crippen molar-refractivity contribution in [2.45, 2.75) is 50.4 Å². The molecule has 7 nitrogen and oxygen atoms in total. The summed E-state index contributed by atoms with van der Waals surface area (Å²) in [5, 5.41) is 13.8. The van der Waals surface area contributed by atoms with Crippen LogP contribution in [0.2, 0.25) is 0 Å². The summed E-state index contributed by atoms with van der Waals surface area (Å²) in [5.41, 5.74) is 0.769. The van der Waals surface area contributed by atoms with Crippen LogP contribution in [-0.4, -0.2) is 36.3 Å². The summed E-state index contributed by atoms with van der Waals surface area (Å²) in [5.74, 6) is 1.96. The lowest BCUT2D eigenvalue weighted by molar-refractivity contribution is 0.439. The molecule has 1 aliphatic heterocycles. The Bertz CT molecular complexity index is 825. The van der Waals surface area contributed by atoms with Crippen molar-refractivity contribution in [3.63, 3.8) is 0 Å². The molecule has 0 saturated heterocycles. The van der Waals surface area contributed by atoms with Gasteiger partial charge < -0.3 is 9.88 Å². The first-order valence-electron chi connectivity index (χ1n) is 8.57. The molecule has 2 aromatic heterocycles. The molecule has 0 bridgehead atoms. The first-order valence-corrected chi connectivity index (χ1v) is 10.9. The van der Waals surface area contributed by atoms with E-state index in [2.05, 4.69) is 38.7 Å². The predicted molar refractivity (Wildman–Crippen MR) is 98.2 cm³/mol. The highest BCUT2D eigenvalue weighted by molar-refractivity contribution is 7.91. The van der Waals surface area contributed by atoms with Gasteiger partial charge in [0, 0.05) is 26.1 Å². The lowest BCUT2D eigenvalue weighted by atomic mass is 10.0. The number of aryl methyl sites for hydroxylation is 1. The van der Waals surface area contributed by atoms with Gasteiger partial charge in [-0.25, -0.2) is 8.42 Å². The normalized spacial score (nSPS) is 16.6. The molecule has 0 saturated carbocycles. The van der Waals surface area contributed by atoms with Crippen LogP contribution in [0.4, 0.5) is 0 Å². The second-order valence-electron chi connectivity index (χ2n) is 6.82. The van der Waals surface area contributed by atoms with E-state index >= 15 is 0 Å². The summed E-state index contributed by atoms with van der Waals surface area (Å²) in [6, 6.07) is 1.44. The molecule has 0 aromatic carbocycles. The van der Waals surface area contributed by atoms with Crippen molar-refractivity contribution in [3.05, 3.63) is 28.7 Å². The fourth-order valence-electron chi connectivity index (χ4n) is 3.10. The Balaban J connectivity index is 1.93. The maximum absolute atomic E-state index is 12.9. The Labute approximate surface area is 152 Å². The Morgan fingerprint density at radius 1 is 1.36 bits per heavy atom. The minimum absolute atomic E-state index is 0.328. The smallest absolute Gasteiger partial charge is 0.250 e. The second kappa shape index (κ2) is 7.53. The summed E-state index contributed by atoms with van der Waals surface area (Å²) < 4.78 is 31.1. The zero-order valence-corrected chi connectivity index (χ0v) is 16.5. The van der Waals surface area contributed by atoms with Gasteiger partial charge in [0.15, 0.2) is 5.82 Å². The van der Waals surface area contributed by atoms with Crippen molar-refractivity contribution < 1.29 is 8.42 Å². The molecule has 1 aliphatic rings. The molecule has 138 valence electrons. The summed E-state index contributed by atoms with van der Waals surface area (Å²) in [6.07, 6.45) is 1.48. The monoisotopic (exact) mass is 383 g/mol. The summed E-state index contributed by atoms with van der Waals surface area (Å²) in [4.78, 5) is 0. The van der Waals surface area contributed by atoms with Crippen LogP contribution in [-0.2, 0) is 23.0 Å². The van der Waals surface area contributed by atoms with E-state index in [1.54, 1.807) is 5.38 Å². The lowest BCUT2D eigenvalue weighted by Crippen LogP contribution is -2.32. The van der Waals surface area contributed by atoms with Crippen molar-refractivity contribution in [2.24, 2.45) is 5.92 Å². The van der Waals surface area contributed by atoms with E-state index in [4.69, 9.17) is 0 Å². The Morgan fingerprint density at radius 2 is 2.16 bits per heavy atom. The quantitative estimate of drug-likeness (QED) is 0.795. The molecule has 0 unspecified atom stereocenters. The molecule has 2 N–H and O–H groups in total. The van der Waals surface area contributed by atoms with Crippen molar-refractivity contribution in [1.29, 1.82) is 0 Å². The van der Waals surface area contributed by atoms with Crippen LogP contribution in [0.1, 0.15) is 43.5 Å². The topological polar surface area (TPSA) is 88.9 Å². The number of nitrogens with one attached hydrogen (secondary N) is 2. The molecule has 25 heavy (non-hydrogen) atoms. The Hall–Kier alpha value is -1.29. The predicted octanol–water partition coefficient (Wildman–Crippen LogP) is 1.86. The van der Waals surface area contributed by atoms with E-state index < -0.39 is 10.0 Å². The van der Waals surface area contributed by atoms with E-state index in [0.717, 1.165) is 37.4 Å². The molecule has 1 atom stereocenters. The molecule has 0 fully saturated rings. The third-order valence-electron chi connectivity index (χ3n) is 4.27. The van der Waals surface area contributed by atoms with Crippen LogP contribution < -0.4 is 10.0 Å². The molecular formula is C16H25N5O2S2. The van der Waals surface area contributed by atoms with Crippen molar-refractivity contribution in [1.82, 2.24) is 24.8 Å². The first kappa shape index (κ1) is 18.5. The fourth-order valence-corrected chi connectivity index (χ4v) is 5.75. The second-order valence-corrected chi connectivity index (χ2v) is 9.65. The van der Waals surface area contributed by atoms with Crippen molar-refractivity contribution in [3.8, 4) is 0 Å². The zero-order valence-electron chi connectivity index (χ0n) is 14.8. The molecule has 0 radical (unpaired) electrons. The molecule has 3 rings (SSSR count). The van der Waals surface area contributed by atoms with Gasteiger partial charge >= 0.3 is 0 Å². The Kier molecular flexibility index (Phi) is 5.57. The standard InChI is InChI=1S/C16H25N5O2S2/c1-11(2)10-13(20-25(22,23)16-12(3)5-9-24-16)15-19-18-14-4-6-17-7-8-21(14)15/h5,9,11,13,17,20H,4,6-8,10H2,1-3H3/t13-/m1/s1. The minimum atomic E-state index is -3.58. The van der Waals surface area contributed by atoms with Gasteiger partial charge in [0.25, 0.3) is 10.0 Å². The van der Waals surface area contributed by atoms with E-state index in [0.29, 0.717) is 22.4 Å². The molecule has 0 aliphatic carbocycles. The molecule has 3 heterocycles. The number of hydrogen-bond acceptors (Lipinski definition) is 6. The van der Waals surface area contributed by atoms with Crippen LogP contribution in [0.5, 0.6) is 0 Å². The van der Waals surface area contributed by atoms with Gasteiger partial charge in [0.2, 0.25) is 0 Å². The van der Waals surface area contributed by atoms with Gasteiger partial charge in [0.1, 0.15) is 10.0 Å². The van der Waals surface area contributed by atoms with Gasteiger partial charge in [-0.05, 0) is 36.3 Å². The van der Waals surface area contributed by atoms with Gasteiger partial charge in [-0.1, -0.05) is 13.8 Å². The fraction of sp³-hybridized carbons (Fsp3) is 0.625. The van der Waals surface area contributed by atoms with Gasteiger partial charge in [0.05, 0.1) is 6.04 Å². The first-order chi connectivity index (χ1) is 11.9. The van der Waals surface area contributed by atoms with Crippen LogP contribution in [0, 0.1) is 12.8 Å². The van der Waals surface area contributed by atoms with Crippen molar-refractivity contribution in [2.75, 3.05) is 13.1 Å². The number of rotatable bonds is 6. The summed E-state index contributed by atoms with van der Waals surface area (Å²) in [7, 11) is -3.58. The Morgan fingerprint density at radius 3 is 2.84 bits per heavy atom. The average molecular weight is 384 g/mol. The zero-order chi connectivity index (χ0) is 18.0. The molecular weight excluding hydrogens is 358 g/mol. The number of aromatic nitrogens is 3. The summed E-state index contributed by atoms with van der Waals surface area (Å²) >= 11 is 1.24. The third-order valence-corrected chi connectivity index (χ3v) is 7.43. The SMILES string of the molecule is Cc1ccsc1S(=O)(=O)N[C@H](CC(C)C)c1nnc2n1CCNCC2. The van der Waals surface area contributed by atoms with Gasteiger partial charge in [-0.3, -0.25) is 0 Å². The molecule has 9 heteroatoms. The minimum Gasteiger partial charge on any atom is -0.315 e. The van der Waals surface area contributed by atoms with E-state index in [9.17, 15) is 8.42 Å². The number of fused-ring (bicyclic) bond motifs is 1. The number of thiophene rings is 1. The van der Waals surface area contributed by atoms with E-state index in [1.165, 1.54) is 11.3 Å². The van der Waals surface area contributed by atoms with Crippen LogP contribution in [0.3, 0.4) is 0 Å². The highest BCUT2D eigenvalue weighted by Gasteiger charge is 2.29. The maximum Gasteiger partial charge on any atom is 0.250 e. The van der Waals surface area contributed by atoms with Crippen LogP contribution >= 0.6 is 11.3 Å². The van der Waals surface area contributed by atoms with Gasteiger partial charge in [-0.2, -0.15) is 4.72 Å². The molecule has 2 aromatic rings. The number of hydrogen-bond donors (Lipinski definition) is 2. The average Bonchev–Trinajstić information content (AvgIpc) is 3.06. The number of sulfonamides is 1. The highest BCUT2D eigenvalue weighted by atomic mass is 32.2. The molecule has 0 spiro atoms. The largest absolute Gasteiger partial charge is 0.315 e.